The predicted octanol–water partition coefficient (Wildman–Crippen LogP) is 5.31. The van der Waals surface area contributed by atoms with Gasteiger partial charge in [-0.1, -0.05) is 48.5 Å². The summed E-state index contributed by atoms with van der Waals surface area (Å²) in [4.78, 5) is 39.1. The SMILES string of the molecule is Cc1ccc(C)c(N2C(=O)NC(=O)/C(=C\c3ccc(OCc4ccccc4)c(Br)c3)C2=O)c1. The monoisotopic (exact) mass is 504 g/mol. The number of nitrogens with one attached hydrogen (secondary N) is 1. The average molecular weight is 505 g/mol. The molecular formula is C26H21BrN2O4. The van der Waals surface area contributed by atoms with Crippen LogP contribution in [0.4, 0.5) is 10.5 Å². The molecule has 0 aromatic heterocycles. The molecular weight excluding hydrogens is 484 g/mol. The molecule has 1 N–H and O–H groups in total. The zero-order valence-corrected chi connectivity index (χ0v) is 19.7. The highest BCUT2D eigenvalue weighted by Gasteiger charge is 2.37. The van der Waals surface area contributed by atoms with E-state index in [4.69, 9.17) is 4.74 Å². The van der Waals surface area contributed by atoms with Gasteiger partial charge in [-0.3, -0.25) is 14.9 Å². The number of hydrogen-bond donors (Lipinski definition) is 1. The Morgan fingerprint density at radius 3 is 2.45 bits per heavy atom. The smallest absolute Gasteiger partial charge is 0.335 e. The maximum Gasteiger partial charge on any atom is 0.335 e. The van der Waals surface area contributed by atoms with Crippen LogP contribution in [0.25, 0.3) is 6.08 Å². The lowest BCUT2D eigenvalue weighted by Crippen LogP contribution is -2.54. The van der Waals surface area contributed by atoms with E-state index in [1.807, 2.05) is 49.4 Å². The van der Waals surface area contributed by atoms with Crippen LogP contribution in [-0.4, -0.2) is 17.8 Å². The van der Waals surface area contributed by atoms with Crippen LogP contribution in [0.1, 0.15) is 22.3 Å². The number of imide groups is 2. The molecule has 7 heteroatoms. The lowest BCUT2D eigenvalue weighted by atomic mass is 10.0. The standard InChI is InChI=1S/C26H21BrN2O4/c1-16-8-9-17(2)22(12-16)29-25(31)20(24(30)28-26(29)32)13-19-10-11-23(21(27)14-19)33-15-18-6-4-3-5-7-18/h3-14H,15H2,1-2H3,(H,28,30,32)/b20-13+. The molecule has 1 aliphatic rings. The Balaban J connectivity index is 1.60. The van der Waals surface area contributed by atoms with Crippen molar-refractivity contribution in [3.63, 3.8) is 0 Å². The van der Waals surface area contributed by atoms with E-state index in [2.05, 4.69) is 21.2 Å². The average Bonchev–Trinajstić information content (AvgIpc) is 2.79. The molecule has 1 fully saturated rings. The first-order valence-electron chi connectivity index (χ1n) is 10.3. The Bertz CT molecular complexity index is 1280. The fourth-order valence-electron chi connectivity index (χ4n) is 3.46. The maximum absolute atomic E-state index is 13.2. The van der Waals surface area contributed by atoms with Crippen LogP contribution >= 0.6 is 15.9 Å². The predicted molar refractivity (Wildman–Crippen MR) is 130 cm³/mol. The number of halogens is 1. The molecule has 3 aromatic carbocycles. The molecule has 4 amide bonds. The zero-order chi connectivity index (χ0) is 23.5. The van der Waals surface area contributed by atoms with Crippen molar-refractivity contribution >= 4 is 45.5 Å². The third-order valence-electron chi connectivity index (χ3n) is 5.21. The zero-order valence-electron chi connectivity index (χ0n) is 18.1. The molecule has 1 saturated heterocycles. The Morgan fingerprint density at radius 2 is 1.73 bits per heavy atom. The normalized spacial score (nSPS) is 15.1. The number of carbonyl (C=O) groups excluding carboxylic acids is 3. The van der Waals surface area contributed by atoms with E-state index in [1.165, 1.54) is 6.08 Å². The van der Waals surface area contributed by atoms with Gasteiger partial charge in [-0.15, -0.1) is 0 Å². The molecule has 4 rings (SSSR count). The Labute approximate surface area is 200 Å². The van der Waals surface area contributed by atoms with Gasteiger partial charge in [0.1, 0.15) is 17.9 Å². The van der Waals surface area contributed by atoms with Crippen molar-refractivity contribution in [1.82, 2.24) is 5.32 Å². The van der Waals surface area contributed by atoms with Crippen molar-refractivity contribution in [2.24, 2.45) is 0 Å². The summed E-state index contributed by atoms with van der Waals surface area (Å²) < 4.78 is 6.54. The third kappa shape index (κ3) is 4.88. The highest BCUT2D eigenvalue weighted by atomic mass is 79.9. The molecule has 33 heavy (non-hydrogen) atoms. The second-order valence-electron chi connectivity index (χ2n) is 7.71. The number of rotatable bonds is 5. The van der Waals surface area contributed by atoms with Gasteiger partial charge in [-0.25, -0.2) is 9.69 Å². The van der Waals surface area contributed by atoms with Crippen molar-refractivity contribution in [3.05, 3.63) is 99.0 Å². The molecule has 1 aliphatic heterocycles. The van der Waals surface area contributed by atoms with Gasteiger partial charge in [0.15, 0.2) is 0 Å². The molecule has 0 radical (unpaired) electrons. The summed E-state index contributed by atoms with van der Waals surface area (Å²) in [5.41, 5.74) is 3.62. The van der Waals surface area contributed by atoms with Crippen LogP contribution in [0.15, 0.2) is 76.8 Å². The fraction of sp³-hybridized carbons (Fsp3) is 0.115. The van der Waals surface area contributed by atoms with E-state index in [0.717, 1.165) is 21.6 Å². The van der Waals surface area contributed by atoms with Gasteiger partial charge < -0.3 is 4.74 Å². The topological polar surface area (TPSA) is 75.7 Å². The number of benzene rings is 3. The van der Waals surface area contributed by atoms with Crippen molar-refractivity contribution in [3.8, 4) is 5.75 Å². The minimum Gasteiger partial charge on any atom is -0.488 e. The number of anilines is 1. The summed E-state index contributed by atoms with van der Waals surface area (Å²) in [5, 5.41) is 2.26. The summed E-state index contributed by atoms with van der Waals surface area (Å²) in [6, 6.07) is 19.8. The van der Waals surface area contributed by atoms with Crippen molar-refractivity contribution in [2.75, 3.05) is 4.90 Å². The molecule has 0 aliphatic carbocycles. The van der Waals surface area contributed by atoms with Crippen LogP contribution in [0.5, 0.6) is 5.75 Å². The molecule has 0 bridgehead atoms. The molecule has 0 atom stereocenters. The lowest BCUT2D eigenvalue weighted by Gasteiger charge is -2.27. The number of ether oxygens (including phenoxy) is 1. The summed E-state index contributed by atoms with van der Waals surface area (Å²) in [7, 11) is 0. The van der Waals surface area contributed by atoms with Crippen LogP contribution in [0.2, 0.25) is 0 Å². The van der Waals surface area contributed by atoms with E-state index >= 15 is 0 Å². The van der Waals surface area contributed by atoms with E-state index in [-0.39, 0.29) is 5.57 Å². The minimum absolute atomic E-state index is 0.125. The third-order valence-corrected chi connectivity index (χ3v) is 5.83. The van der Waals surface area contributed by atoms with Gasteiger partial charge in [-0.05, 0) is 76.3 Å². The van der Waals surface area contributed by atoms with E-state index in [9.17, 15) is 14.4 Å². The van der Waals surface area contributed by atoms with Crippen molar-refractivity contribution in [1.29, 1.82) is 0 Å². The first-order chi connectivity index (χ1) is 15.8. The fourth-order valence-corrected chi connectivity index (χ4v) is 3.97. The second kappa shape index (κ2) is 9.42. The number of amides is 4. The van der Waals surface area contributed by atoms with Crippen LogP contribution < -0.4 is 15.0 Å². The number of hydrogen-bond acceptors (Lipinski definition) is 4. The van der Waals surface area contributed by atoms with Gasteiger partial charge in [-0.2, -0.15) is 0 Å². The van der Waals surface area contributed by atoms with Gasteiger partial charge in [0.05, 0.1) is 10.2 Å². The second-order valence-corrected chi connectivity index (χ2v) is 8.57. The summed E-state index contributed by atoms with van der Waals surface area (Å²) in [6.45, 7) is 4.09. The number of carbonyl (C=O) groups is 3. The largest absolute Gasteiger partial charge is 0.488 e. The number of urea groups is 1. The number of barbiturate groups is 1. The number of nitrogens with zero attached hydrogens (tertiary/aromatic N) is 1. The lowest BCUT2D eigenvalue weighted by molar-refractivity contribution is -0.122. The molecule has 6 nitrogen and oxygen atoms in total. The van der Waals surface area contributed by atoms with Gasteiger partial charge in [0, 0.05) is 0 Å². The number of aryl methyl sites for hydroxylation is 2. The van der Waals surface area contributed by atoms with Crippen molar-refractivity contribution in [2.45, 2.75) is 20.5 Å². The molecule has 1 heterocycles. The van der Waals surface area contributed by atoms with Crippen LogP contribution in [0.3, 0.4) is 0 Å². The van der Waals surface area contributed by atoms with Gasteiger partial charge >= 0.3 is 6.03 Å². The highest BCUT2D eigenvalue weighted by molar-refractivity contribution is 9.10. The van der Waals surface area contributed by atoms with E-state index in [1.54, 1.807) is 31.2 Å². The minimum atomic E-state index is -0.762. The first kappa shape index (κ1) is 22.5. The van der Waals surface area contributed by atoms with Crippen LogP contribution in [-0.2, 0) is 16.2 Å². The van der Waals surface area contributed by atoms with Crippen molar-refractivity contribution < 1.29 is 19.1 Å². The quantitative estimate of drug-likeness (QED) is 0.377. The molecule has 166 valence electrons. The summed E-state index contributed by atoms with van der Waals surface area (Å²) in [5.74, 6) is -0.766. The summed E-state index contributed by atoms with van der Waals surface area (Å²) >= 11 is 3.49. The molecule has 0 saturated carbocycles. The Morgan fingerprint density at radius 1 is 0.970 bits per heavy atom. The Kier molecular flexibility index (Phi) is 6.42. The van der Waals surface area contributed by atoms with E-state index < -0.39 is 17.8 Å². The van der Waals surface area contributed by atoms with E-state index in [0.29, 0.717) is 28.1 Å². The summed E-state index contributed by atoms with van der Waals surface area (Å²) in [6.07, 6.45) is 1.47. The molecule has 0 unspecified atom stereocenters. The van der Waals surface area contributed by atoms with Gasteiger partial charge in [0.2, 0.25) is 0 Å². The molecule has 0 spiro atoms. The molecule has 3 aromatic rings. The Hall–Kier alpha value is -3.71. The van der Waals surface area contributed by atoms with Crippen LogP contribution in [0, 0.1) is 13.8 Å². The highest BCUT2D eigenvalue weighted by Crippen LogP contribution is 2.29. The maximum atomic E-state index is 13.2. The van der Waals surface area contributed by atoms with Gasteiger partial charge in [0.25, 0.3) is 11.8 Å². The first-order valence-corrected chi connectivity index (χ1v) is 11.1.